The van der Waals surface area contributed by atoms with Gasteiger partial charge in [0.2, 0.25) is 0 Å². The van der Waals surface area contributed by atoms with Gasteiger partial charge in [0.25, 0.3) is 0 Å². The molecule has 12 aromatic carbocycles. The van der Waals surface area contributed by atoms with Crippen LogP contribution in [0.5, 0.6) is 0 Å². The van der Waals surface area contributed by atoms with Crippen LogP contribution in [0.2, 0.25) is 5.15 Å². The average molecular weight is 1590 g/mol. The van der Waals surface area contributed by atoms with Crippen molar-refractivity contribution in [3.8, 4) is 11.3 Å². The third-order valence-electron chi connectivity index (χ3n) is 18.1. The van der Waals surface area contributed by atoms with Gasteiger partial charge in [-0.25, -0.2) is 9.50 Å². The number of halogens is 1. The number of anilines is 1. The number of benzene rings is 12. The summed E-state index contributed by atoms with van der Waals surface area (Å²) >= 11 is 6.46. The Labute approximate surface area is 655 Å². The summed E-state index contributed by atoms with van der Waals surface area (Å²) < 4.78 is 14.9. The van der Waals surface area contributed by atoms with Crippen molar-refractivity contribution in [3.63, 3.8) is 0 Å². The smallest absolute Gasteiger partial charge is 0.178 e. The van der Waals surface area contributed by atoms with Crippen LogP contribution >= 0.6 is 43.3 Å². The number of hydrogen-bond donors (Lipinski definition) is 0. The Bertz CT molecular complexity index is 4200. The first-order valence-corrected chi connectivity index (χ1v) is 41.8. The zero-order chi connectivity index (χ0) is 72.5. The van der Waals surface area contributed by atoms with Gasteiger partial charge in [-0.05, 0) is 122 Å². The van der Waals surface area contributed by atoms with E-state index in [1.54, 1.807) is 7.11 Å². The van der Waals surface area contributed by atoms with Crippen LogP contribution < -0.4 is 68.6 Å². The fourth-order valence-corrected chi connectivity index (χ4v) is 22.1. The molecule has 17 rings (SSSR count). The minimum Gasteiger partial charge on any atom is -0.378 e. The summed E-state index contributed by atoms with van der Waals surface area (Å²) in [5, 5.41) is 26.4. The van der Waals surface area contributed by atoms with Crippen molar-refractivity contribution in [2.24, 2.45) is 0 Å². The molecule has 4 heterocycles. The summed E-state index contributed by atoms with van der Waals surface area (Å²) in [6.07, 6.45) is 6.25. The molecule has 3 aromatic heterocycles. The normalized spacial score (nSPS) is 12.5. The van der Waals surface area contributed by atoms with E-state index in [0.717, 1.165) is 54.2 Å². The summed E-state index contributed by atoms with van der Waals surface area (Å²) in [6, 6.07) is 131. The molecule has 2 aliphatic rings. The van der Waals surface area contributed by atoms with Gasteiger partial charge in [-0.15, -0.1) is 0 Å². The Morgan fingerprint density at radius 3 is 0.916 bits per heavy atom. The van der Waals surface area contributed by atoms with Crippen molar-refractivity contribution >= 4 is 118 Å². The maximum absolute atomic E-state index is 6.46. The van der Waals surface area contributed by atoms with Crippen LogP contribution in [0.1, 0.15) is 38.3 Å². The fourth-order valence-electron chi connectivity index (χ4n) is 12.7. The second kappa shape index (κ2) is 39.6. The van der Waals surface area contributed by atoms with Gasteiger partial charge < -0.3 is 14.4 Å². The summed E-state index contributed by atoms with van der Waals surface area (Å²) in [7, 11) is -0.0626. The van der Waals surface area contributed by atoms with Gasteiger partial charge in [-0.2, -0.15) is 10.2 Å². The maximum Gasteiger partial charge on any atom is 0.178 e. The molecule has 0 amide bonds. The summed E-state index contributed by atoms with van der Waals surface area (Å²) in [4.78, 5) is 7.35. The zero-order valence-electron chi connectivity index (χ0n) is 60.4. The molecular weight excluding hydrogens is 1500 g/mol. The predicted octanol–water partition coefficient (Wildman–Crippen LogP) is 17.2. The fraction of sp³-hybridized carbons (Fsp3) is 0.129. The molecule has 538 valence electrons. The zero-order valence-corrected chi connectivity index (χ0v) is 66.3. The minimum atomic E-state index is -0.446. The first-order valence-electron chi connectivity index (χ1n) is 36.1. The molecule has 0 spiro atoms. The largest absolute Gasteiger partial charge is 0.378 e. The van der Waals surface area contributed by atoms with Crippen molar-refractivity contribution in [2.45, 2.75) is 44.8 Å². The van der Waals surface area contributed by atoms with Crippen molar-refractivity contribution in [3.05, 3.63) is 393 Å². The average Bonchev–Trinajstić information content (AvgIpc) is 1.58. The standard InChI is InChI=1S/C21H27ClN6O2.4C18H15P.Pd/c1-21(2,29-3)13-27-12-15(11-23-27)19-18(14-4-5-14)24-20-16(10-17(22)25-28(19)20)26-6-8-30-9-7-26;4*1-4-10-16(11-5-1)19(17-12-6-2-7-13-17)18-14-8-3-9-15-18;/h10-12,14H,4-9,13H2,1-3H3;4*1-15H;. The second-order valence-corrected chi connectivity index (χ2v) is 35.3. The molecule has 2 fully saturated rings. The third kappa shape index (κ3) is 21.2. The van der Waals surface area contributed by atoms with E-state index in [0.29, 0.717) is 30.8 Å². The van der Waals surface area contributed by atoms with Crippen LogP contribution in [0.15, 0.2) is 382 Å². The molecule has 0 radical (unpaired) electrons. The first kappa shape index (κ1) is 77.5. The monoisotopic (exact) mass is 1580 g/mol. The Morgan fingerprint density at radius 2 is 0.673 bits per heavy atom. The molecule has 1 saturated heterocycles. The Balaban J connectivity index is 0.000000127. The SMILES string of the molecule is COC(C)(C)Cn1cc(-c2c(C3CC3)nc3c(N4CCOCC4)cc(Cl)nn23)cn1.[Pd].c1ccc(P(c2ccccc2)c2ccccc2)cc1.c1ccc(P(c2ccccc2)c2ccccc2)cc1.c1ccc(P(c2ccccc2)c2ccccc2)cc1.c1ccc(P(c2ccccc2)c2ccccc2)cc1. The number of aromatic nitrogens is 5. The number of fused-ring (bicyclic) bond motifs is 1. The van der Waals surface area contributed by atoms with E-state index >= 15 is 0 Å². The minimum absolute atomic E-state index is 0. The van der Waals surface area contributed by atoms with E-state index in [1.807, 2.05) is 41.5 Å². The van der Waals surface area contributed by atoms with Crippen LogP contribution in [0.25, 0.3) is 16.9 Å². The van der Waals surface area contributed by atoms with Gasteiger partial charge in [0.15, 0.2) is 10.8 Å². The number of methoxy groups -OCH3 is 1. The van der Waals surface area contributed by atoms with Crippen molar-refractivity contribution in [1.82, 2.24) is 24.4 Å². The Hall–Kier alpha value is -9.14. The second-order valence-electron chi connectivity index (χ2n) is 26.1. The molecule has 8 nitrogen and oxygen atoms in total. The van der Waals surface area contributed by atoms with E-state index in [9.17, 15) is 0 Å². The third-order valence-corrected chi connectivity index (χ3v) is 28.0. The molecule has 0 N–H and O–H groups in total. The number of imidazole rings is 1. The quantitative estimate of drug-likeness (QED) is 0.0630. The van der Waals surface area contributed by atoms with E-state index in [-0.39, 0.29) is 26.0 Å². The first-order chi connectivity index (χ1) is 52.2. The molecule has 1 saturated carbocycles. The summed E-state index contributed by atoms with van der Waals surface area (Å²) in [5.41, 5.74) is 4.64. The Kier molecular flexibility index (Phi) is 28.7. The van der Waals surface area contributed by atoms with E-state index in [2.05, 4.69) is 379 Å². The van der Waals surface area contributed by atoms with Crippen LogP contribution in [-0.4, -0.2) is 63.4 Å². The van der Waals surface area contributed by atoms with E-state index in [4.69, 9.17) is 26.1 Å². The summed E-state index contributed by atoms with van der Waals surface area (Å²) in [5.74, 6) is 0.469. The van der Waals surface area contributed by atoms with Crippen LogP contribution in [0.4, 0.5) is 5.69 Å². The molecule has 14 heteroatoms. The topological polar surface area (TPSA) is 69.7 Å². The maximum atomic E-state index is 6.46. The molecule has 0 unspecified atom stereocenters. The molecule has 107 heavy (non-hydrogen) atoms. The Morgan fingerprint density at radius 1 is 0.411 bits per heavy atom. The van der Waals surface area contributed by atoms with E-state index < -0.39 is 31.7 Å². The molecule has 15 aromatic rings. The van der Waals surface area contributed by atoms with Gasteiger partial charge in [0, 0.05) is 64.4 Å². The molecular formula is C93H87ClN6O2P4Pd. The van der Waals surface area contributed by atoms with Gasteiger partial charge >= 0.3 is 0 Å². The van der Waals surface area contributed by atoms with Gasteiger partial charge in [0.1, 0.15) is 0 Å². The number of nitrogens with zero attached hydrogens (tertiary/aromatic N) is 6. The molecule has 0 atom stereocenters. The predicted molar refractivity (Wildman–Crippen MR) is 456 cm³/mol. The summed E-state index contributed by atoms with van der Waals surface area (Å²) in [6.45, 7) is 7.81. The van der Waals surface area contributed by atoms with E-state index in [1.165, 1.54) is 63.7 Å². The molecule has 0 bridgehead atoms. The molecule has 1 aliphatic heterocycles. The number of morpholine rings is 1. The van der Waals surface area contributed by atoms with Gasteiger partial charge in [-0.1, -0.05) is 376 Å². The van der Waals surface area contributed by atoms with Crippen LogP contribution in [0, 0.1) is 0 Å². The number of rotatable bonds is 18. The van der Waals surface area contributed by atoms with Gasteiger partial charge in [0.05, 0.1) is 48.6 Å². The van der Waals surface area contributed by atoms with Crippen molar-refractivity contribution in [1.29, 1.82) is 0 Å². The number of hydrogen-bond acceptors (Lipinski definition) is 6. The van der Waals surface area contributed by atoms with Gasteiger partial charge in [-0.3, -0.25) is 4.68 Å². The van der Waals surface area contributed by atoms with Crippen molar-refractivity contribution < 1.29 is 29.9 Å². The van der Waals surface area contributed by atoms with Crippen molar-refractivity contribution in [2.75, 3.05) is 38.3 Å². The van der Waals surface area contributed by atoms with Crippen LogP contribution in [0.3, 0.4) is 0 Å². The number of ether oxygens (including phenoxy) is 2. The van der Waals surface area contributed by atoms with Crippen LogP contribution in [-0.2, 0) is 36.4 Å². The molecule has 1 aliphatic carbocycles.